The molecule has 1 aromatic carbocycles. The molecule has 3 rings (SSSR count). The van der Waals surface area contributed by atoms with Crippen LogP contribution < -0.4 is 0 Å². The van der Waals surface area contributed by atoms with E-state index in [-0.39, 0.29) is 0 Å². The normalized spacial score (nSPS) is 16.8. The highest BCUT2D eigenvalue weighted by Crippen LogP contribution is 2.41. The first-order chi connectivity index (χ1) is 10.2. The lowest BCUT2D eigenvalue weighted by molar-refractivity contribution is -0.148. The van der Waals surface area contributed by atoms with Gasteiger partial charge in [-0.15, -0.1) is 0 Å². The molecule has 0 atom stereocenters. The fourth-order valence-corrected chi connectivity index (χ4v) is 3.18. The molecule has 2 aromatic rings. The predicted molar refractivity (Wildman–Crippen MR) is 79.7 cm³/mol. The van der Waals surface area contributed by atoms with Crippen molar-refractivity contribution in [1.82, 2.24) is 9.97 Å². The molecule has 4 nitrogen and oxygen atoms in total. The number of benzene rings is 1. The van der Waals surface area contributed by atoms with E-state index in [4.69, 9.17) is 0 Å². The quantitative estimate of drug-likeness (QED) is 0.934. The Morgan fingerprint density at radius 1 is 1.14 bits per heavy atom. The van der Waals surface area contributed by atoms with E-state index in [1.165, 1.54) is 0 Å². The van der Waals surface area contributed by atoms with Gasteiger partial charge in [-0.2, -0.15) is 0 Å². The van der Waals surface area contributed by atoms with Crippen molar-refractivity contribution in [3.05, 3.63) is 48.3 Å². The SMILES string of the molecule is O=C(O)C1(Cc2cccc(-c3ncccn3)c2)CCCC1. The summed E-state index contributed by atoms with van der Waals surface area (Å²) in [6.07, 6.45) is 7.57. The summed E-state index contributed by atoms with van der Waals surface area (Å²) >= 11 is 0. The Morgan fingerprint density at radius 3 is 2.52 bits per heavy atom. The van der Waals surface area contributed by atoms with Crippen LogP contribution in [0, 0.1) is 5.41 Å². The summed E-state index contributed by atoms with van der Waals surface area (Å²) in [5.74, 6) is 0.0107. The van der Waals surface area contributed by atoms with Gasteiger partial charge in [-0.3, -0.25) is 4.79 Å². The number of carboxylic acids is 1. The van der Waals surface area contributed by atoms with Gasteiger partial charge >= 0.3 is 5.97 Å². The zero-order valence-corrected chi connectivity index (χ0v) is 11.8. The number of carboxylic acid groups (broad SMARTS) is 1. The molecule has 1 saturated carbocycles. The Morgan fingerprint density at radius 2 is 1.86 bits per heavy atom. The summed E-state index contributed by atoms with van der Waals surface area (Å²) in [7, 11) is 0. The first kappa shape index (κ1) is 13.7. The minimum absolute atomic E-state index is 0.586. The zero-order chi connectivity index (χ0) is 14.7. The van der Waals surface area contributed by atoms with Crippen molar-refractivity contribution in [3.8, 4) is 11.4 Å². The van der Waals surface area contributed by atoms with Crippen molar-refractivity contribution in [2.75, 3.05) is 0 Å². The number of hydrogen-bond acceptors (Lipinski definition) is 3. The Balaban J connectivity index is 1.88. The maximum absolute atomic E-state index is 11.7. The second kappa shape index (κ2) is 5.64. The molecule has 21 heavy (non-hydrogen) atoms. The Bertz CT molecular complexity index is 634. The summed E-state index contributed by atoms with van der Waals surface area (Å²) < 4.78 is 0. The van der Waals surface area contributed by atoms with Gasteiger partial charge in [-0.05, 0) is 37.0 Å². The lowest BCUT2D eigenvalue weighted by Gasteiger charge is -2.23. The first-order valence-electron chi connectivity index (χ1n) is 7.29. The van der Waals surface area contributed by atoms with Crippen LogP contribution in [0.1, 0.15) is 31.2 Å². The van der Waals surface area contributed by atoms with Crippen LogP contribution in [0.15, 0.2) is 42.7 Å². The van der Waals surface area contributed by atoms with E-state index in [1.54, 1.807) is 18.5 Å². The van der Waals surface area contributed by atoms with E-state index in [1.807, 2.05) is 24.3 Å². The second-order valence-corrected chi connectivity index (χ2v) is 5.74. The fourth-order valence-electron chi connectivity index (χ4n) is 3.18. The highest BCUT2D eigenvalue weighted by Gasteiger charge is 2.41. The monoisotopic (exact) mass is 282 g/mol. The van der Waals surface area contributed by atoms with E-state index in [0.29, 0.717) is 12.2 Å². The minimum Gasteiger partial charge on any atom is -0.481 e. The van der Waals surface area contributed by atoms with Gasteiger partial charge < -0.3 is 5.11 Å². The van der Waals surface area contributed by atoms with Crippen molar-refractivity contribution >= 4 is 5.97 Å². The molecule has 1 fully saturated rings. The van der Waals surface area contributed by atoms with Gasteiger partial charge in [0.2, 0.25) is 0 Å². The van der Waals surface area contributed by atoms with Crippen LogP contribution in [0.25, 0.3) is 11.4 Å². The van der Waals surface area contributed by atoms with Crippen molar-refractivity contribution in [2.24, 2.45) is 5.41 Å². The molecule has 1 aliphatic carbocycles. The molecule has 1 aliphatic rings. The molecule has 1 aromatic heterocycles. The molecular formula is C17H18N2O2. The number of rotatable bonds is 4. The van der Waals surface area contributed by atoms with Crippen LogP contribution >= 0.6 is 0 Å². The molecule has 0 aliphatic heterocycles. The van der Waals surface area contributed by atoms with E-state index in [0.717, 1.165) is 36.8 Å². The van der Waals surface area contributed by atoms with Gasteiger partial charge in [0.25, 0.3) is 0 Å². The summed E-state index contributed by atoms with van der Waals surface area (Å²) in [6.45, 7) is 0. The highest BCUT2D eigenvalue weighted by molar-refractivity contribution is 5.75. The van der Waals surface area contributed by atoms with Gasteiger partial charge in [0.05, 0.1) is 5.41 Å². The van der Waals surface area contributed by atoms with Crippen LogP contribution in [0.5, 0.6) is 0 Å². The van der Waals surface area contributed by atoms with Crippen LogP contribution in [0.3, 0.4) is 0 Å². The molecule has 1 N–H and O–H groups in total. The number of nitrogens with zero attached hydrogens (tertiary/aromatic N) is 2. The van der Waals surface area contributed by atoms with E-state index >= 15 is 0 Å². The molecule has 0 saturated heterocycles. The topological polar surface area (TPSA) is 63.1 Å². The van der Waals surface area contributed by atoms with Gasteiger partial charge in [0.15, 0.2) is 5.82 Å². The Kier molecular flexibility index (Phi) is 3.69. The summed E-state index contributed by atoms with van der Waals surface area (Å²) in [4.78, 5) is 20.2. The van der Waals surface area contributed by atoms with E-state index in [2.05, 4.69) is 9.97 Å². The van der Waals surface area contributed by atoms with E-state index in [9.17, 15) is 9.90 Å². The average Bonchev–Trinajstić information content (AvgIpc) is 2.98. The van der Waals surface area contributed by atoms with Crippen molar-refractivity contribution in [1.29, 1.82) is 0 Å². The van der Waals surface area contributed by atoms with Crippen LogP contribution in [0.4, 0.5) is 0 Å². The maximum atomic E-state index is 11.7. The third kappa shape index (κ3) is 2.79. The molecule has 0 radical (unpaired) electrons. The second-order valence-electron chi connectivity index (χ2n) is 5.74. The average molecular weight is 282 g/mol. The van der Waals surface area contributed by atoms with Crippen LogP contribution in [-0.2, 0) is 11.2 Å². The van der Waals surface area contributed by atoms with Gasteiger partial charge in [-0.25, -0.2) is 9.97 Å². The highest BCUT2D eigenvalue weighted by atomic mass is 16.4. The number of carbonyl (C=O) groups is 1. The smallest absolute Gasteiger partial charge is 0.309 e. The third-order valence-electron chi connectivity index (χ3n) is 4.31. The molecule has 0 amide bonds. The molecule has 0 unspecified atom stereocenters. The van der Waals surface area contributed by atoms with Gasteiger partial charge in [0, 0.05) is 18.0 Å². The van der Waals surface area contributed by atoms with Gasteiger partial charge in [0.1, 0.15) is 0 Å². The van der Waals surface area contributed by atoms with E-state index < -0.39 is 11.4 Å². The lowest BCUT2D eigenvalue weighted by atomic mass is 9.80. The van der Waals surface area contributed by atoms with Crippen LogP contribution in [-0.4, -0.2) is 21.0 Å². The maximum Gasteiger partial charge on any atom is 0.309 e. The molecular weight excluding hydrogens is 264 g/mol. The van der Waals surface area contributed by atoms with Gasteiger partial charge in [-0.1, -0.05) is 31.0 Å². The Hall–Kier alpha value is -2.23. The zero-order valence-electron chi connectivity index (χ0n) is 11.8. The van der Waals surface area contributed by atoms with Crippen molar-refractivity contribution < 1.29 is 9.90 Å². The summed E-state index contributed by atoms with van der Waals surface area (Å²) in [5, 5.41) is 9.59. The fraction of sp³-hybridized carbons (Fsp3) is 0.353. The Labute approximate surface area is 123 Å². The number of aliphatic carboxylic acids is 1. The summed E-state index contributed by atoms with van der Waals surface area (Å²) in [6, 6.07) is 9.70. The minimum atomic E-state index is -0.665. The van der Waals surface area contributed by atoms with Crippen LogP contribution in [0.2, 0.25) is 0 Å². The standard InChI is InChI=1S/C17H18N2O2/c20-16(21)17(7-1-2-8-17)12-13-5-3-6-14(11-13)15-18-9-4-10-19-15/h3-6,9-11H,1-2,7-8,12H2,(H,20,21). The molecule has 1 heterocycles. The molecule has 0 bridgehead atoms. The molecule has 4 heteroatoms. The summed E-state index contributed by atoms with van der Waals surface area (Å²) in [5.41, 5.74) is 1.40. The lowest BCUT2D eigenvalue weighted by Crippen LogP contribution is -2.30. The molecule has 108 valence electrons. The van der Waals surface area contributed by atoms with Crippen molar-refractivity contribution in [3.63, 3.8) is 0 Å². The van der Waals surface area contributed by atoms with Crippen molar-refractivity contribution in [2.45, 2.75) is 32.1 Å². The largest absolute Gasteiger partial charge is 0.481 e. The number of aromatic nitrogens is 2. The first-order valence-corrected chi connectivity index (χ1v) is 7.29. The molecule has 0 spiro atoms. The predicted octanol–water partition coefficient (Wildman–Crippen LogP) is 3.33. The third-order valence-corrected chi connectivity index (χ3v) is 4.31. The number of hydrogen-bond donors (Lipinski definition) is 1.